The first-order chi connectivity index (χ1) is 7.11. The molecule has 0 aliphatic carbocycles. The van der Waals surface area contributed by atoms with Gasteiger partial charge in [-0.3, -0.25) is 0 Å². The molecular formula is C13H18N2. The van der Waals surface area contributed by atoms with E-state index in [1.165, 1.54) is 0 Å². The molecule has 2 heteroatoms. The zero-order valence-electron chi connectivity index (χ0n) is 9.22. The highest BCUT2D eigenvalue weighted by Gasteiger charge is 2.08. The molecule has 0 spiro atoms. The Hall–Kier alpha value is -1.70. The molecule has 80 valence electrons. The van der Waals surface area contributed by atoms with Gasteiger partial charge in [-0.1, -0.05) is 18.2 Å². The van der Waals surface area contributed by atoms with Crippen molar-refractivity contribution >= 4 is 11.4 Å². The molecular weight excluding hydrogens is 184 g/mol. The van der Waals surface area contributed by atoms with Gasteiger partial charge in [0.25, 0.3) is 0 Å². The van der Waals surface area contributed by atoms with Gasteiger partial charge in [-0.15, -0.1) is 13.2 Å². The highest BCUT2D eigenvalue weighted by Crippen LogP contribution is 2.28. The van der Waals surface area contributed by atoms with Crippen molar-refractivity contribution in [2.24, 2.45) is 0 Å². The van der Waals surface area contributed by atoms with Crippen LogP contribution in [0.25, 0.3) is 0 Å². The van der Waals surface area contributed by atoms with Crippen molar-refractivity contribution in [1.29, 1.82) is 0 Å². The number of nitrogen functional groups attached to an aromatic ring is 2. The summed E-state index contributed by atoms with van der Waals surface area (Å²) in [5.74, 6) is 0. The van der Waals surface area contributed by atoms with Crippen molar-refractivity contribution < 1.29 is 0 Å². The fourth-order valence-corrected chi connectivity index (χ4v) is 1.64. The van der Waals surface area contributed by atoms with Crippen LogP contribution < -0.4 is 11.5 Å². The summed E-state index contributed by atoms with van der Waals surface area (Å²) in [7, 11) is 0. The second-order valence-corrected chi connectivity index (χ2v) is 3.63. The molecule has 2 nitrogen and oxygen atoms in total. The first-order valence-corrected chi connectivity index (χ1v) is 4.99. The summed E-state index contributed by atoms with van der Waals surface area (Å²) in [6, 6.07) is 2.04. The van der Waals surface area contributed by atoms with E-state index < -0.39 is 0 Å². The fraction of sp³-hybridized carbons (Fsp3) is 0.231. The molecule has 0 amide bonds. The molecule has 0 fully saturated rings. The van der Waals surface area contributed by atoms with Gasteiger partial charge in [-0.25, -0.2) is 0 Å². The molecule has 4 N–H and O–H groups in total. The summed E-state index contributed by atoms with van der Waals surface area (Å²) in [6.45, 7) is 9.38. The van der Waals surface area contributed by atoms with Crippen molar-refractivity contribution in [1.82, 2.24) is 0 Å². The van der Waals surface area contributed by atoms with Gasteiger partial charge in [0, 0.05) is 11.4 Å². The molecule has 0 heterocycles. The predicted octanol–water partition coefficient (Wildman–Crippen LogP) is 2.62. The van der Waals surface area contributed by atoms with Crippen molar-refractivity contribution in [3.05, 3.63) is 48.1 Å². The van der Waals surface area contributed by atoms with E-state index in [0.717, 1.165) is 40.9 Å². The molecule has 0 aliphatic heterocycles. The van der Waals surface area contributed by atoms with Crippen LogP contribution in [0.15, 0.2) is 31.4 Å². The topological polar surface area (TPSA) is 52.0 Å². The van der Waals surface area contributed by atoms with Gasteiger partial charge in [0.2, 0.25) is 0 Å². The van der Waals surface area contributed by atoms with Crippen LogP contribution in [0.1, 0.15) is 16.7 Å². The number of hydrogen-bond donors (Lipinski definition) is 2. The molecule has 1 rings (SSSR count). The standard InChI is InChI=1S/C13H18N2/c1-4-6-10-8-11(7-5-2)13(15)9(3)12(10)14/h4-5,8H,1-2,6-7,14-15H2,3H3. The van der Waals surface area contributed by atoms with E-state index in [1.807, 2.05) is 25.1 Å². The van der Waals surface area contributed by atoms with E-state index in [4.69, 9.17) is 11.5 Å². The molecule has 0 aromatic heterocycles. The number of anilines is 2. The van der Waals surface area contributed by atoms with Crippen LogP contribution in [0, 0.1) is 6.92 Å². The SMILES string of the molecule is C=CCc1cc(CC=C)c(N)c(C)c1N. The highest BCUT2D eigenvalue weighted by molar-refractivity contribution is 5.69. The monoisotopic (exact) mass is 202 g/mol. The third kappa shape index (κ3) is 2.21. The first kappa shape index (κ1) is 11.4. The Morgan fingerprint density at radius 1 is 1.07 bits per heavy atom. The third-order valence-corrected chi connectivity index (χ3v) is 2.58. The minimum absolute atomic E-state index is 0.775. The largest absolute Gasteiger partial charge is 0.398 e. The molecule has 0 atom stereocenters. The van der Waals surface area contributed by atoms with Crippen LogP contribution in [0.2, 0.25) is 0 Å². The normalized spacial score (nSPS) is 9.93. The van der Waals surface area contributed by atoms with Gasteiger partial charge in [0.15, 0.2) is 0 Å². The van der Waals surface area contributed by atoms with E-state index in [2.05, 4.69) is 13.2 Å². The Labute approximate surface area is 91.3 Å². The third-order valence-electron chi connectivity index (χ3n) is 2.58. The lowest BCUT2D eigenvalue weighted by molar-refractivity contribution is 1.19. The lowest BCUT2D eigenvalue weighted by Crippen LogP contribution is -2.04. The quantitative estimate of drug-likeness (QED) is 0.582. The number of hydrogen-bond acceptors (Lipinski definition) is 2. The summed E-state index contributed by atoms with van der Waals surface area (Å²) in [6.07, 6.45) is 5.24. The number of rotatable bonds is 4. The van der Waals surface area contributed by atoms with Gasteiger partial charge >= 0.3 is 0 Å². The van der Waals surface area contributed by atoms with Crippen LogP contribution in [0.5, 0.6) is 0 Å². The maximum Gasteiger partial charge on any atom is 0.0400 e. The molecule has 0 radical (unpaired) electrons. The molecule has 15 heavy (non-hydrogen) atoms. The molecule has 0 bridgehead atoms. The van der Waals surface area contributed by atoms with E-state index in [1.54, 1.807) is 0 Å². The minimum Gasteiger partial charge on any atom is -0.398 e. The lowest BCUT2D eigenvalue weighted by atomic mass is 9.97. The summed E-state index contributed by atoms with van der Waals surface area (Å²) >= 11 is 0. The van der Waals surface area contributed by atoms with Crippen LogP contribution in [0.4, 0.5) is 11.4 Å². The Morgan fingerprint density at radius 3 is 1.80 bits per heavy atom. The van der Waals surface area contributed by atoms with Gasteiger partial charge in [0.1, 0.15) is 0 Å². The van der Waals surface area contributed by atoms with Crippen molar-refractivity contribution in [2.75, 3.05) is 11.5 Å². The second kappa shape index (κ2) is 4.69. The van der Waals surface area contributed by atoms with Crippen molar-refractivity contribution in [3.63, 3.8) is 0 Å². The number of nitrogens with two attached hydrogens (primary N) is 2. The summed E-state index contributed by atoms with van der Waals surface area (Å²) in [4.78, 5) is 0. The Balaban J connectivity index is 3.30. The fourth-order valence-electron chi connectivity index (χ4n) is 1.64. The van der Waals surface area contributed by atoms with E-state index >= 15 is 0 Å². The second-order valence-electron chi connectivity index (χ2n) is 3.63. The van der Waals surface area contributed by atoms with Gasteiger partial charge in [-0.2, -0.15) is 0 Å². The van der Waals surface area contributed by atoms with Crippen molar-refractivity contribution in [2.45, 2.75) is 19.8 Å². The Kier molecular flexibility index (Phi) is 3.56. The molecule has 0 saturated carbocycles. The molecule has 0 saturated heterocycles. The molecule has 1 aromatic rings. The highest BCUT2D eigenvalue weighted by atomic mass is 14.6. The molecule has 0 unspecified atom stereocenters. The zero-order chi connectivity index (χ0) is 11.4. The smallest absolute Gasteiger partial charge is 0.0400 e. The average Bonchev–Trinajstić information content (AvgIpc) is 2.22. The zero-order valence-corrected chi connectivity index (χ0v) is 9.22. The van der Waals surface area contributed by atoms with Crippen molar-refractivity contribution in [3.8, 4) is 0 Å². The maximum atomic E-state index is 5.98. The van der Waals surface area contributed by atoms with Gasteiger partial charge in [-0.05, 0) is 36.5 Å². The van der Waals surface area contributed by atoms with Crippen LogP contribution in [-0.2, 0) is 12.8 Å². The van der Waals surface area contributed by atoms with Crippen LogP contribution >= 0.6 is 0 Å². The van der Waals surface area contributed by atoms with Crippen LogP contribution in [-0.4, -0.2) is 0 Å². The van der Waals surface area contributed by atoms with Gasteiger partial charge < -0.3 is 11.5 Å². The lowest BCUT2D eigenvalue weighted by Gasteiger charge is -2.13. The van der Waals surface area contributed by atoms with Gasteiger partial charge in [0.05, 0.1) is 0 Å². The Bertz CT molecular complexity index is 358. The van der Waals surface area contributed by atoms with E-state index in [0.29, 0.717) is 0 Å². The molecule has 1 aromatic carbocycles. The first-order valence-electron chi connectivity index (χ1n) is 4.99. The van der Waals surface area contributed by atoms with E-state index in [9.17, 15) is 0 Å². The number of benzene rings is 1. The molecule has 0 aliphatic rings. The predicted molar refractivity (Wildman–Crippen MR) is 67.8 cm³/mol. The van der Waals surface area contributed by atoms with Crippen LogP contribution in [0.3, 0.4) is 0 Å². The Morgan fingerprint density at radius 2 is 1.47 bits per heavy atom. The average molecular weight is 202 g/mol. The minimum atomic E-state index is 0.775. The summed E-state index contributed by atoms with van der Waals surface area (Å²) in [5, 5.41) is 0. The van der Waals surface area contributed by atoms with E-state index in [-0.39, 0.29) is 0 Å². The maximum absolute atomic E-state index is 5.98. The summed E-state index contributed by atoms with van der Waals surface area (Å²) in [5.41, 5.74) is 16.7. The number of allylic oxidation sites excluding steroid dienone is 2. The summed E-state index contributed by atoms with van der Waals surface area (Å²) < 4.78 is 0.